The van der Waals surface area contributed by atoms with Crippen molar-refractivity contribution in [3.63, 3.8) is 0 Å². The largest absolute Gasteiger partial charge is 0.462 e. The Morgan fingerprint density at radius 2 is 2.17 bits per heavy atom. The topological polar surface area (TPSA) is 63.0 Å². The first-order chi connectivity index (χ1) is 8.40. The van der Waals surface area contributed by atoms with Crippen molar-refractivity contribution >= 4 is 5.97 Å². The Morgan fingerprint density at radius 1 is 1.50 bits per heavy atom. The molecule has 0 N–H and O–H groups in total. The number of esters is 1. The fourth-order valence-electron chi connectivity index (χ4n) is 1.26. The lowest BCUT2D eigenvalue weighted by Gasteiger charge is -2.10. The Kier molecular flexibility index (Phi) is 4.26. The van der Waals surface area contributed by atoms with E-state index in [0.717, 1.165) is 6.07 Å². The number of nitriles is 1. The van der Waals surface area contributed by atoms with E-state index in [-0.39, 0.29) is 17.9 Å². The maximum Gasteiger partial charge on any atom is 0.433 e. The van der Waals surface area contributed by atoms with E-state index >= 15 is 0 Å². The number of hydrogen-bond acceptors (Lipinski definition) is 4. The van der Waals surface area contributed by atoms with Crippen molar-refractivity contribution < 1.29 is 22.7 Å². The second kappa shape index (κ2) is 5.49. The lowest BCUT2D eigenvalue weighted by atomic mass is 10.1. The second-order valence-electron chi connectivity index (χ2n) is 3.24. The fourth-order valence-corrected chi connectivity index (χ4v) is 1.26. The molecule has 0 amide bonds. The van der Waals surface area contributed by atoms with E-state index in [4.69, 9.17) is 5.26 Å². The van der Waals surface area contributed by atoms with Gasteiger partial charge in [0.25, 0.3) is 0 Å². The first-order valence-corrected chi connectivity index (χ1v) is 5.01. The minimum Gasteiger partial charge on any atom is -0.462 e. The van der Waals surface area contributed by atoms with Gasteiger partial charge < -0.3 is 4.74 Å². The highest BCUT2D eigenvalue weighted by Crippen LogP contribution is 2.28. The van der Waals surface area contributed by atoms with Crippen LogP contribution in [0.4, 0.5) is 13.2 Å². The molecule has 96 valence electrons. The van der Waals surface area contributed by atoms with E-state index in [2.05, 4.69) is 9.72 Å². The molecule has 18 heavy (non-hydrogen) atoms. The maximum absolute atomic E-state index is 12.4. The molecule has 0 saturated carbocycles. The number of hydrogen-bond donors (Lipinski definition) is 0. The fraction of sp³-hybridized carbons (Fsp3) is 0.364. The molecule has 1 aromatic heterocycles. The maximum atomic E-state index is 12.4. The van der Waals surface area contributed by atoms with Gasteiger partial charge in [-0.3, -0.25) is 0 Å². The van der Waals surface area contributed by atoms with Crippen LogP contribution in [0.5, 0.6) is 0 Å². The first-order valence-electron chi connectivity index (χ1n) is 5.01. The Hall–Kier alpha value is -2.10. The molecule has 0 aliphatic heterocycles. The molecule has 7 heteroatoms. The highest BCUT2D eigenvalue weighted by molar-refractivity contribution is 5.90. The van der Waals surface area contributed by atoms with Crippen molar-refractivity contribution in [2.75, 3.05) is 6.61 Å². The number of alkyl halides is 3. The van der Waals surface area contributed by atoms with E-state index < -0.39 is 24.3 Å². The third kappa shape index (κ3) is 3.20. The lowest BCUT2D eigenvalue weighted by molar-refractivity contribution is -0.141. The molecule has 0 unspecified atom stereocenters. The van der Waals surface area contributed by atoms with Crippen LogP contribution in [0.1, 0.15) is 28.7 Å². The summed E-state index contributed by atoms with van der Waals surface area (Å²) in [6.45, 7) is 1.66. The number of nitrogens with zero attached hydrogens (tertiary/aromatic N) is 2. The molecule has 1 rings (SSSR count). The van der Waals surface area contributed by atoms with Crippen molar-refractivity contribution in [1.29, 1.82) is 5.26 Å². The van der Waals surface area contributed by atoms with E-state index in [1.54, 1.807) is 13.0 Å². The highest BCUT2D eigenvalue weighted by Gasteiger charge is 2.33. The van der Waals surface area contributed by atoms with Gasteiger partial charge >= 0.3 is 12.1 Å². The van der Waals surface area contributed by atoms with Crippen molar-refractivity contribution in [3.05, 3.63) is 29.1 Å². The number of carbonyl (C=O) groups excluding carboxylic acids is 1. The summed E-state index contributed by atoms with van der Waals surface area (Å²) in [4.78, 5) is 14.7. The van der Waals surface area contributed by atoms with Crippen molar-refractivity contribution in [2.45, 2.75) is 19.5 Å². The van der Waals surface area contributed by atoms with E-state index in [0.29, 0.717) is 6.07 Å². The van der Waals surface area contributed by atoms with Gasteiger partial charge in [0.05, 0.1) is 30.4 Å². The van der Waals surface area contributed by atoms with Crippen LogP contribution in [0.2, 0.25) is 0 Å². The van der Waals surface area contributed by atoms with Crippen LogP contribution < -0.4 is 0 Å². The van der Waals surface area contributed by atoms with Gasteiger partial charge in [0.1, 0.15) is 5.69 Å². The predicted molar refractivity (Wildman–Crippen MR) is 54.5 cm³/mol. The predicted octanol–water partition coefficient (Wildman–Crippen LogP) is 2.34. The number of ether oxygens (including phenoxy) is 1. The quantitative estimate of drug-likeness (QED) is 0.780. The summed E-state index contributed by atoms with van der Waals surface area (Å²) in [6, 6.07) is 3.32. The van der Waals surface area contributed by atoms with Crippen LogP contribution in [-0.4, -0.2) is 17.6 Å². The van der Waals surface area contributed by atoms with Gasteiger partial charge in [-0.05, 0) is 19.1 Å². The summed E-state index contributed by atoms with van der Waals surface area (Å²) in [5.74, 6) is -0.788. The van der Waals surface area contributed by atoms with Crippen LogP contribution >= 0.6 is 0 Å². The third-order valence-electron chi connectivity index (χ3n) is 2.01. The lowest BCUT2D eigenvalue weighted by Crippen LogP contribution is -2.14. The molecule has 0 atom stereocenters. The molecule has 1 aromatic rings. The zero-order chi connectivity index (χ0) is 13.8. The molecular formula is C11H9F3N2O2. The van der Waals surface area contributed by atoms with Gasteiger partial charge in [0.2, 0.25) is 0 Å². The normalized spacial score (nSPS) is 10.8. The number of rotatable bonds is 3. The molecule has 0 bridgehead atoms. The minimum absolute atomic E-state index is 0.0891. The van der Waals surface area contributed by atoms with Crippen LogP contribution in [0.3, 0.4) is 0 Å². The summed E-state index contributed by atoms with van der Waals surface area (Å²) >= 11 is 0. The Labute approximate surface area is 101 Å². The molecule has 0 radical (unpaired) electrons. The minimum atomic E-state index is -4.61. The monoisotopic (exact) mass is 258 g/mol. The summed E-state index contributed by atoms with van der Waals surface area (Å²) in [7, 11) is 0. The average molecular weight is 258 g/mol. The molecule has 0 saturated heterocycles. The number of aromatic nitrogens is 1. The van der Waals surface area contributed by atoms with Crippen molar-refractivity contribution in [3.8, 4) is 6.07 Å². The first kappa shape index (κ1) is 14.0. The summed E-state index contributed by atoms with van der Waals surface area (Å²) in [5.41, 5.74) is -1.49. The van der Waals surface area contributed by atoms with Crippen LogP contribution in [0.15, 0.2) is 12.1 Å². The highest BCUT2D eigenvalue weighted by atomic mass is 19.4. The standard InChI is InChI=1S/C11H9F3N2O2/c1-2-18-10(17)7-3-4-9(11(12,13)14)16-8(7)5-6-15/h3-4H,2,5H2,1H3. The summed E-state index contributed by atoms with van der Waals surface area (Å²) < 4.78 is 42.0. The zero-order valence-electron chi connectivity index (χ0n) is 9.41. The molecule has 0 spiro atoms. The Balaban J connectivity index is 3.21. The summed E-state index contributed by atoms with van der Waals surface area (Å²) in [6.07, 6.45) is -5.00. The van der Waals surface area contributed by atoms with Gasteiger partial charge in [-0.1, -0.05) is 0 Å². The Bertz CT molecular complexity index is 492. The Morgan fingerprint density at radius 3 is 2.67 bits per heavy atom. The zero-order valence-corrected chi connectivity index (χ0v) is 9.41. The van der Waals surface area contributed by atoms with Gasteiger partial charge in [0, 0.05) is 0 Å². The molecule has 0 aromatic carbocycles. The molecule has 0 fully saturated rings. The average Bonchev–Trinajstić information content (AvgIpc) is 2.28. The van der Waals surface area contributed by atoms with E-state index in [1.807, 2.05) is 0 Å². The summed E-state index contributed by atoms with van der Waals surface area (Å²) in [5, 5.41) is 8.53. The molecular weight excluding hydrogens is 249 g/mol. The number of carbonyl (C=O) groups is 1. The van der Waals surface area contributed by atoms with E-state index in [1.165, 1.54) is 0 Å². The number of pyridine rings is 1. The van der Waals surface area contributed by atoms with Gasteiger partial charge in [-0.2, -0.15) is 18.4 Å². The van der Waals surface area contributed by atoms with E-state index in [9.17, 15) is 18.0 Å². The molecule has 1 heterocycles. The third-order valence-corrected chi connectivity index (χ3v) is 2.01. The molecule has 0 aliphatic rings. The smallest absolute Gasteiger partial charge is 0.433 e. The van der Waals surface area contributed by atoms with Gasteiger partial charge in [-0.25, -0.2) is 9.78 Å². The number of halogens is 3. The van der Waals surface area contributed by atoms with Crippen LogP contribution in [0, 0.1) is 11.3 Å². The SMILES string of the molecule is CCOC(=O)c1ccc(C(F)(F)F)nc1CC#N. The molecule has 0 aliphatic carbocycles. The second-order valence-corrected chi connectivity index (χ2v) is 3.24. The van der Waals surface area contributed by atoms with Crippen LogP contribution in [0.25, 0.3) is 0 Å². The van der Waals surface area contributed by atoms with Crippen LogP contribution in [-0.2, 0) is 17.3 Å². The van der Waals surface area contributed by atoms with Gasteiger partial charge in [-0.15, -0.1) is 0 Å². The van der Waals surface area contributed by atoms with Crippen molar-refractivity contribution in [2.24, 2.45) is 0 Å². The van der Waals surface area contributed by atoms with Crippen molar-refractivity contribution in [1.82, 2.24) is 4.98 Å². The van der Waals surface area contributed by atoms with Gasteiger partial charge in [0.15, 0.2) is 0 Å². The molecule has 4 nitrogen and oxygen atoms in total.